The van der Waals surface area contributed by atoms with Crippen LogP contribution in [0, 0.1) is 5.41 Å². The monoisotopic (exact) mass is 229 g/mol. The van der Waals surface area contributed by atoms with Gasteiger partial charge in [0.1, 0.15) is 6.29 Å². The summed E-state index contributed by atoms with van der Waals surface area (Å²) in [6.07, 6.45) is 3.11. The first-order chi connectivity index (χ1) is 7.15. The van der Waals surface area contributed by atoms with E-state index in [1.807, 2.05) is 11.8 Å². The third kappa shape index (κ3) is 3.49. The van der Waals surface area contributed by atoms with Crippen molar-refractivity contribution < 1.29 is 4.79 Å². The Bertz CT molecular complexity index is 204. The highest BCUT2D eigenvalue weighted by Gasteiger charge is 2.29. The van der Waals surface area contributed by atoms with Gasteiger partial charge in [-0.3, -0.25) is 0 Å². The highest BCUT2D eigenvalue weighted by molar-refractivity contribution is 7.99. The zero-order valence-electron chi connectivity index (χ0n) is 10.2. The van der Waals surface area contributed by atoms with Gasteiger partial charge in [0.15, 0.2) is 0 Å². The topological polar surface area (TPSA) is 20.3 Å². The molecule has 15 heavy (non-hydrogen) atoms. The van der Waals surface area contributed by atoms with Crippen LogP contribution in [0.3, 0.4) is 0 Å². The van der Waals surface area contributed by atoms with E-state index in [-0.39, 0.29) is 5.41 Å². The minimum atomic E-state index is -0.0955. The van der Waals surface area contributed by atoms with Crippen molar-refractivity contribution in [2.75, 3.05) is 25.4 Å². The molecule has 0 amide bonds. The van der Waals surface area contributed by atoms with Crippen molar-refractivity contribution >= 4 is 18.0 Å². The Labute approximate surface area is 97.8 Å². The van der Waals surface area contributed by atoms with Crippen molar-refractivity contribution in [2.45, 2.75) is 38.9 Å². The molecule has 1 unspecified atom stereocenters. The van der Waals surface area contributed by atoms with Crippen LogP contribution in [0.5, 0.6) is 0 Å². The summed E-state index contributed by atoms with van der Waals surface area (Å²) in [5, 5.41) is 0.719. The van der Waals surface area contributed by atoms with Crippen LogP contribution >= 0.6 is 11.8 Å². The van der Waals surface area contributed by atoms with Crippen LogP contribution < -0.4 is 0 Å². The van der Waals surface area contributed by atoms with E-state index in [2.05, 4.69) is 25.7 Å². The minimum absolute atomic E-state index is 0.0955. The zero-order chi connectivity index (χ0) is 11.3. The Morgan fingerprint density at radius 1 is 1.47 bits per heavy atom. The smallest absolute Gasteiger partial charge is 0.127 e. The zero-order valence-corrected chi connectivity index (χ0v) is 11.0. The SMILES string of the molecule is CCC(C=O)(CC)CN1CCSC(C)C1. The van der Waals surface area contributed by atoms with Gasteiger partial charge in [-0.25, -0.2) is 0 Å². The molecule has 88 valence electrons. The molecular weight excluding hydrogens is 206 g/mol. The van der Waals surface area contributed by atoms with Gasteiger partial charge in [-0.1, -0.05) is 20.8 Å². The van der Waals surface area contributed by atoms with Crippen molar-refractivity contribution in [1.82, 2.24) is 4.90 Å². The first kappa shape index (κ1) is 13.0. The maximum atomic E-state index is 11.2. The van der Waals surface area contributed by atoms with E-state index in [0.717, 1.165) is 37.7 Å². The van der Waals surface area contributed by atoms with Crippen LogP contribution in [0.25, 0.3) is 0 Å². The Kier molecular flexibility index (Phi) is 5.13. The van der Waals surface area contributed by atoms with Crippen LogP contribution in [-0.2, 0) is 4.79 Å². The molecule has 0 aromatic rings. The van der Waals surface area contributed by atoms with Gasteiger partial charge in [-0.15, -0.1) is 0 Å². The van der Waals surface area contributed by atoms with E-state index in [9.17, 15) is 4.79 Å². The normalized spacial score (nSPS) is 24.1. The summed E-state index contributed by atoms with van der Waals surface area (Å²) in [4.78, 5) is 13.7. The molecule has 2 nitrogen and oxygen atoms in total. The van der Waals surface area contributed by atoms with Gasteiger partial charge in [0.25, 0.3) is 0 Å². The number of rotatable bonds is 5. The highest BCUT2D eigenvalue weighted by Crippen LogP contribution is 2.27. The summed E-state index contributed by atoms with van der Waals surface area (Å²) < 4.78 is 0. The number of thioether (sulfide) groups is 1. The van der Waals surface area contributed by atoms with E-state index in [1.54, 1.807) is 0 Å². The van der Waals surface area contributed by atoms with E-state index < -0.39 is 0 Å². The van der Waals surface area contributed by atoms with Crippen LogP contribution in [0.1, 0.15) is 33.6 Å². The Morgan fingerprint density at radius 2 is 2.13 bits per heavy atom. The average Bonchev–Trinajstić information content (AvgIpc) is 2.26. The lowest BCUT2D eigenvalue weighted by Gasteiger charge is -2.37. The second-order valence-corrected chi connectivity index (χ2v) is 6.15. The summed E-state index contributed by atoms with van der Waals surface area (Å²) in [5.74, 6) is 1.21. The number of carbonyl (C=O) groups is 1. The summed E-state index contributed by atoms with van der Waals surface area (Å²) in [6, 6.07) is 0. The highest BCUT2D eigenvalue weighted by atomic mass is 32.2. The van der Waals surface area contributed by atoms with Crippen LogP contribution in [0.15, 0.2) is 0 Å². The Hall–Kier alpha value is -0.0200. The standard InChI is InChI=1S/C12H23NOS/c1-4-12(5-2,10-14)9-13-6-7-15-11(3)8-13/h10-11H,4-9H2,1-3H3. The Balaban J connectivity index is 2.53. The number of hydrogen-bond acceptors (Lipinski definition) is 3. The van der Waals surface area contributed by atoms with Gasteiger partial charge < -0.3 is 9.69 Å². The molecule has 1 aliphatic rings. The van der Waals surface area contributed by atoms with Crippen molar-refractivity contribution in [3.63, 3.8) is 0 Å². The van der Waals surface area contributed by atoms with Gasteiger partial charge in [-0.2, -0.15) is 11.8 Å². The predicted octanol–water partition coefficient (Wildman–Crippen LogP) is 2.43. The maximum absolute atomic E-state index is 11.2. The third-order valence-electron chi connectivity index (χ3n) is 3.52. The molecule has 1 atom stereocenters. The van der Waals surface area contributed by atoms with Crippen molar-refractivity contribution in [2.24, 2.45) is 5.41 Å². The van der Waals surface area contributed by atoms with E-state index >= 15 is 0 Å². The lowest BCUT2D eigenvalue weighted by molar-refractivity contribution is -0.117. The quantitative estimate of drug-likeness (QED) is 0.675. The third-order valence-corrected chi connectivity index (χ3v) is 4.66. The fourth-order valence-corrected chi connectivity index (χ4v) is 3.24. The number of nitrogens with zero attached hydrogens (tertiary/aromatic N) is 1. The van der Waals surface area contributed by atoms with E-state index in [0.29, 0.717) is 0 Å². The number of carbonyl (C=O) groups excluding carboxylic acids is 1. The van der Waals surface area contributed by atoms with E-state index in [1.165, 1.54) is 12.0 Å². The number of hydrogen-bond donors (Lipinski definition) is 0. The lowest BCUT2D eigenvalue weighted by Crippen LogP contribution is -2.44. The fraction of sp³-hybridized carbons (Fsp3) is 0.917. The molecule has 0 aromatic heterocycles. The summed E-state index contributed by atoms with van der Waals surface area (Å²) in [6.45, 7) is 9.76. The average molecular weight is 229 g/mol. The Morgan fingerprint density at radius 3 is 2.60 bits per heavy atom. The lowest BCUT2D eigenvalue weighted by atomic mass is 9.83. The van der Waals surface area contributed by atoms with Crippen molar-refractivity contribution in [3.8, 4) is 0 Å². The van der Waals surface area contributed by atoms with E-state index in [4.69, 9.17) is 0 Å². The van der Waals surface area contributed by atoms with Gasteiger partial charge in [0.2, 0.25) is 0 Å². The molecule has 0 saturated carbocycles. The molecule has 1 saturated heterocycles. The van der Waals surface area contributed by atoms with Crippen molar-refractivity contribution in [1.29, 1.82) is 0 Å². The second kappa shape index (κ2) is 5.90. The first-order valence-corrected chi connectivity index (χ1v) is 7.01. The van der Waals surface area contributed by atoms with Crippen LogP contribution in [0.4, 0.5) is 0 Å². The molecule has 0 aromatic carbocycles. The molecule has 0 radical (unpaired) electrons. The van der Waals surface area contributed by atoms with Gasteiger partial charge in [0.05, 0.1) is 0 Å². The molecular formula is C12H23NOS. The molecule has 0 aliphatic carbocycles. The molecule has 0 N–H and O–H groups in total. The summed E-state index contributed by atoms with van der Waals surface area (Å²) >= 11 is 2.04. The first-order valence-electron chi connectivity index (χ1n) is 5.96. The van der Waals surface area contributed by atoms with Gasteiger partial charge >= 0.3 is 0 Å². The minimum Gasteiger partial charge on any atom is -0.303 e. The maximum Gasteiger partial charge on any atom is 0.127 e. The van der Waals surface area contributed by atoms with Crippen molar-refractivity contribution in [3.05, 3.63) is 0 Å². The second-order valence-electron chi connectivity index (χ2n) is 4.60. The molecule has 0 spiro atoms. The van der Waals surface area contributed by atoms with Gasteiger partial charge in [-0.05, 0) is 12.8 Å². The van der Waals surface area contributed by atoms with Gasteiger partial charge in [0, 0.05) is 36.1 Å². The molecule has 1 aliphatic heterocycles. The van der Waals surface area contributed by atoms with Crippen LogP contribution in [-0.4, -0.2) is 41.8 Å². The fourth-order valence-electron chi connectivity index (χ4n) is 2.16. The molecule has 0 bridgehead atoms. The van der Waals surface area contributed by atoms with Crippen LogP contribution in [0.2, 0.25) is 0 Å². The molecule has 1 fully saturated rings. The summed E-state index contributed by atoms with van der Waals surface area (Å²) in [7, 11) is 0. The molecule has 3 heteroatoms. The predicted molar refractivity (Wildman–Crippen MR) is 67.4 cm³/mol. The molecule has 1 heterocycles. The number of aldehydes is 1. The molecule has 1 rings (SSSR count). The summed E-state index contributed by atoms with van der Waals surface area (Å²) in [5.41, 5.74) is -0.0955. The largest absolute Gasteiger partial charge is 0.303 e.